The molecule has 130 valence electrons. The van der Waals surface area contributed by atoms with Crippen LogP contribution in [0.25, 0.3) is 21.3 Å². The van der Waals surface area contributed by atoms with Gasteiger partial charge in [0.1, 0.15) is 16.5 Å². The zero-order valence-corrected chi connectivity index (χ0v) is 15.4. The molecule has 0 unspecified atom stereocenters. The summed E-state index contributed by atoms with van der Waals surface area (Å²) in [7, 11) is 0. The third kappa shape index (κ3) is 3.21. The van der Waals surface area contributed by atoms with Crippen molar-refractivity contribution in [2.24, 2.45) is 0 Å². The molecule has 1 aliphatic heterocycles. The molecule has 4 nitrogen and oxygen atoms in total. The molecule has 1 fully saturated rings. The first kappa shape index (κ1) is 16.7. The van der Waals surface area contributed by atoms with Crippen molar-refractivity contribution in [1.82, 2.24) is 14.9 Å². The van der Waals surface area contributed by atoms with Crippen LogP contribution in [-0.2, 0) is 0 Å². The van der Waals surface area contributed by atoms with Crippen LogP contribution in [0.15, 0.2) is 29.6 Å². The summed E-state index contributed by atoms with van der Waals surface area (Å²) in [6.07, 6.45) is 0. The molecular weight excluding hydrogens is 359 g/mol. The van der Waals surface area contributed by atoms with Crippen LogP contribution in [0.4, 0.5) is 10.2 Å². The average molecular weight is 377 g/mol. The largest absolute Gasteiger partial charge is 0.353 e. The second-order valence-electron chi connectivity index (χ2n) is 6.07. The van der Waals surface area contributed by atoms with Crippen molar-refractivity contribution in [2.75, 3.05) is 37.6 Å². The first-order valence-corrected chi connectivity index (χ1v) is 9.59. The van der Waals surface area contributed by atoms with Gasteiger partial charge in [-0.15, -0.1) is 11.3 Å². The fourth-order valence-electron chi connectivity index (χ4n) is 3.24. The Hall–Kier alpha value is -1.76. The van der Waals surface area contributed by atoms with Gasteiger partial charge in [-0.3, -0.25) is 0 Å². The summed E-state index contributed by atoms with van der Waals surface area (Å²) in [4.78, 5) is 14.5. The summed E-state index contributed by atoms with van der Waals surface area (Å²) in [5.41, 5.74) is 2.00. The van der Waals surface area contributed by atoms with Crippen molar-refractivity contribution < 1.29 is 4.39 Å². The van der Waals surface area contributed by atoms with Crippen molar-refractivity contribution in [3.8, 4) is 11.1 Å². The summed E-state index contributed by atoms with van der Waals surface area (Å²) >= 11 is 7.72. The summed E-state index contributed by atoms with van der Waals surface area (Å²) in [6.45, 7) is 7.09. The molecule has 0 amide bonds. The van der Waals surface area contributed by atoms with E-state index >= 15 is 0 Å². The predicted octanol–water partition coefficient (Wildman–Crippen LogP) is 4.29. The van der Waals surface area contributed by atoms with Gasteiger partial charge in [-0.25, -0.2) is 9.37 Å². The molecule has 0 atom stereocenters. The van der Waals surface area contributed by atoms with Gasteiger partial charge < -0.3 is 9.80 Å². The molecule has 1 aromatic carbocycles. The van der Waals surface area contributed by atoms with E-state index in [2.05, 4.69) is 32.1 Å². The monoisotopic (exact) mass is 376 g/mol. The summed E-state index contributed by atoms with van der Waals surface area (Å²) in [5, 5.41) is 3.33. The minimum atomic E-state index is -0.238. The standard InChI is InChI=1S/C18H18ClFN4S/c1-2-23-7-9-24(10-8-23)16-15-14(12-3-5-13(20)6-4-12)11-25-17(15)22-18(19)21-16/h3-6,11H,2,7-10H2,1H3. The Labute approximate surface area is 154 Å². The second-order valence-corrected chi connectivity index (χ2v) is 7.27. The van der Waals surface area contributed by atoms with Crippen LogP contribution >= 0.6 is 22.9 Å². The number of hydrogen-bond acceptors (Lipinski definition) is 5. The van der Waals surface area contributed by atoms with Gasteiger partial charge in [0.25, 0.3) is 0 Å². The number of aromatic nitrogens is 2. The lowest BCUT2D eigenvalue weighted by Crippen LogP contribution is -2.46. The lowest BCUT2D eigenvalue weighted by atomic mass is 10.1. The number of hydrogen-bond donors (Lipinski definition) is 0. The highest BCUT2D eigenvalue weighted by atomic mass is 35.5. The normalized spacial score (nSPS) is 15.9. The summed E-state index contributed by atoms with van der Waals surface area (Å²) in [6, 6.07) is 6.55. The zero-order chi connectivity index (χ0) is 17.4. The van der Waals surface area contributed by atoms with Gasteiger partial charge in [0.05, 0.1) is 5.39 Å². The number of thiophene rings is 1. The van der Waals surface area contributed by atoms with Crippen LogP contribution in [0.5, 0.6) is 0 Å². The fraction of sp³-hybridized carbons (Fsp3) is 0.333. The molecule has 0 bridgehead atoms. The van der Waals surface area contributed by atoms with Crippen LogP contribution in [0.3, 0.4) is 0 Å². The van der Waals surface area contributed by atoms with E-state index in [0.29, 0.717) is 0 Å². The number of benzene rings is 1. The number of fused-ring (bicyclic) bond motifs is 1. The van der Waals surface area contributed by atoms with E-state index < -0.39 is 0 Å². The number of halogens is 2. The van der Waals surface area contributed by atoms with Gasteiger partial charge in [-0.1, -0.05) is 19.1 Å². The molecule has 2 aromatic heterocycles. The number of likely N-dealkylation sites (N-methyl/N-ethyl adjacent to an activating group) is 1. The van der Waals surface area contributed by atoms with E-state index in [1.54, 1.807) is 23.5 Å². The van der Waals surface area contributed by atoms with E-state index in [4.69, 9.17) is 11.6 Å². The smallest absolute Gasteiger partial charge is 0.225 e. The van der Waals surface area contributed by atoms with Gasteiger partial charge in [-0.2, -0.15) is 4.98 Å². The predicted molar refractivity (Wildman–Crippen MR) is 102 cm³/mol. The minimum Gasteiger partial charge on any atom is -0.353 e. The molecule has 0 aliphatic carbocycles. The van der Waals surface area contributed by atoms with Crippen LogP contribution in [0.2, 0.25) is 5.28 Å². The van der Waals surface area contributed by atoms with E-state index in [-0.39, 0.29) is 11.1 Å². The van der Waals surface area contributed by atoms with Gasteiger partial charge in [0.2, 0.25) is 5.28 Å². The molecule has 0 spiro atoms. The molecule has 1 aliphatic rings. The van der Waals surface area contributed by atoms with Crippen molar-refractivity contribution in [1.29, 1.82) is 0 Å². The highest BCUT2D eigenvalue weighted by Crippen LogP contribution is 2.39. The van der Waals surface area contributed by atoms with Crippen molar-refractivity contribution in [3.05, 3.63) is 40.7 Å². The quantitative estimate of drug-likeness (QED) is 0.638. The maximum absolute atomic E-state index is 13.3. The van der Waals surface area contributed by atoms with E-state index in [9.17, 15) is 4.39 Å². The van der Waals surface area contributed by atoms with Crippen LogP contribution in [-0.4, -0.2) is 47.6 Å². The number of rotatable bonds is 3. The Morgan fingerprint density at radius 1 is 1.12 bits per heavy atom. The molecule has 4 rings (SSSR count). The molecule has 25 heavy (non-hydrogen) atoms. The number of nitrogens with zero attached hydrogens (tertiary/aromatic N) is 4. The van der Waals surface area contributed by atoms with Crippen LogP contribution < -0.4 is 4.90 Å². The molecule has 1 saturated heterocycles. The summed E-state index contributed by atoms with van der Waals surface area (Å²) in [5.74, 6) is 0.643. The van der Waals surface area contributed by atoms with Gasteiger partial charge in [-0.05, 0) is 35.8 Å². The Balaban J connectivity index is 1.80. The molecule has 0 N–H and O–H groups in total. The third-order valence-corrected chi connectivity index (χ3v) is 5.70. The lowest BCUT2D eigenvalue weighted by molar-refractivity contribution is 0.271. The highest BCUT2D eigenvalue weighted by molar-refractivity contribution is 7.17. The van der Waals surface area contributed by atoms with E-state index in [1.165, 1.54) is 12.1 Å². The Kier molecular flexibility index (Phi) is 4.58. The topological polar surface area (TPSA) is 32.3 Å². The molecule has 3 heterocycles. The Morgan fingerprint density at radius 2 is 1.84 bits per heavy atom. The average Bonchev–Trinajstić information content (AvgIpc) is 3.05. The van der Waals surface area contributed by atoms with Gasteiger partial charge in [0, 0.05) is 37.1 Å². The van der Waals surface area contributed by atoms with Gasteiger partial charge >= 0.3 is 0 Å². The fourth-order valence-corrected chi connectivity index (χ4v) is 4.40. The molecule has 0 saturated carbocycles. The first-order valence-electron chi connectivity index (χ1n) is 8.33. The third-order valence-electron chi connectivity index (χ3n) is 4.66. The van der Waals surface area contributed by atoms with E-state index in [1.807, 2.05) is 0 Å². The van der Waals surface area contributed by atoms with Crippen LogP contribution in [0, 0.1) is 5.82 Å². The lowest BCUT2D eigenvalue weighted by Gasteiger charge is -2.35. The van der Waals surface area contributed by atoms with Crippen LogP contribution in [0.1, 0.15) is 6.92 Å². The minimum absolute atomic E-state index is 0.238. The van der Waals surface area contributed by atoms with Crippen molar-refractivity contribution >= 4 is 39.0 Å². The maximum Gasteiger partial charge on any atom is 0.225 e. The molecule has 3 aromatic rings. The highest BCUT2D eigenvalue weighted by Gasteiger charge is 2.22. The number of anilines is 1. The summed E-state index contributed by atoms with van der Waals surface area (Å²) < 4.78 is 13.3. The molecule has 0 radical (unpaired) electrons. The second kappa shape index (κ2) is 6.86. The Bertz CT molecular complexity index is 888. The molecule has 7 heteroatoms. The Morgan fingerprint density at radius 3 is 2.52 bits per heavy atom. The first-order chi connectivity index (χ1) is 12.2. The van der Waals surface area contributed by atoms with Crippen molar-refractivity contribution in [3.63, 3.8) is 0 Å². The zero-order valence-electron chi connectivity index (χ0n) is 13.9. The number of piperazine rings is 1. The maximum atomic E-state index is 13.3. The van der Waals surface area contributed by atoms with Crippen molar-refractivity contribution in [2.45, 2.75) is 6.92 Å². The molecular formula is C18H18ClFN4S. The van der Waals surface area contributed by atoms with E-state index in [0.717, 1.165) is 59.9 Å². The SMILES string of the molecule is CCN1CCN(c2nc(Cl)nc3scc(-c4ccc(F)cc4)c23)CC1. The van der Waals surface area contributed by atoms with Gasteiger partial charge in [0.15, 0.2) is 0 Å².